The maximum atomic E-state index is 11.1. The van der Waals surface area contributed by atoms with Gasteiger partial charge in [-0.1, -0.05) is 21.5 Å². The highest BCUT2D eigenvalue weighted by Crippen LogP contribution is 2.15. The topological polar surface area (TPSA) is 55.4 Å². The van der Waals surface area contributed by atoms with Crippen LogP contribution in [0.25, 0.3) is 0 Å². The number of hydrogen-bond acceptors (Lipinski definition) is 4. The predicted octanol–water partition coefficient (Wildman–Crippen LogP) is 0.784. The van der Waals surface area contributed by atoms with Gasteiger partial charge in [-0.2, -0.15) is 0 Å². The standard InChI is InChI=1S/C9H10NO3P/c11-6-7-3-1-2-4-8(7)13-9(12)5-10-14/h1-4,6,10H,5,14H2. The molecule has 0 aromatic heterocycles. The van der Waals surface area contributed by atoms with Crippen molar-refractivity contribution in [3.05, 3.63) is 29.8 Å². The second-order valence-corrected chi connectivity index (χ2v) is 2.92. The zero-order valence-corrected chi connectivity index (χ0v) is 8.55. The zero-order valence-electron chi connectivity index (χ0n) is 7.40. The molecule has 5 heteroatoms. The molecule has 1 rings (SSSR count). The van der Waals surface area contributed by atoms with Crippen LogP contribution in [0.5, 0.6) is 5.75 Å². The van der Waals surface area contributed by atoms with E-state index in [1.54, 1.807) is 24.3 Å². The number of carbonyl (C=O) groups is 2. The molecule has 0 amide bonds. The summed E-state index contributed by atoms with van der Waals surface area (Å²) in [4.78, 5) is 21.6. The van der Waals surface area contributed by atoms with Crippen LogP contribution in [0, 0.1) is 0 Å². The first kappa shape index (κ1) is 10.8. The lowest BCUT2D eigenvalue weighted by Gasteiger charge is -2.05. The number of ether oxygens (including phenoxy) is 1. The molecule has 0 bridgehead atoms. The Morgan fingerprint density at radius 1 is 1.50 bits per heavy atom. The third-order valence-corrected chi connectivity index (χ3v) is 1.72. The Morgan fingerprint density at radius 3 is 2.86 bits per heavy atom. The van der Waals surface area contributed by atoms with E-state index in [-0.39, 0.29) is 12.3 Å². The lowest BCUT2D eigenvalue weighted by molar-refractivity contribution is -0.133. The smallest absolute Gasteiger partial charge is 0.325 e. The van der Waals surface area contributed by atoms with E-state index in [9.17, 15) is 9.59 Å². The predicted molar refractivity (Wildman–Crippen MR) is 55.2 cm³/mol. The lowest BCUT2D eigenvalue weighted by atomic mass is 10.2. The van der Waals surface area contributed by atoms with Crippen LogP contribution in [-0.2, 0) is 4.79 Å². The van der Waals surface area contributed by atoms with Gasteiger partial charge in [0.1, 0.15) is 5.75 Å². The largest absolute Gasteiger partial charge is 0.425 e. The van der Waals surface area contributed by atoms with Crippen molar-refractivity contribution in [3.8, 4) is 5.75 Å². The Labute approximate surface area is 83.9 Å². The van der Waals surface area contributed by atoms with E-state index >= 15 is 0 Å². The van der Waals surface area contributed by atoms with Crippen molar-refractivity contribution in [2.45, 2.75) is 0 Å². The summed E-state index contributed by atoms with van der Waals surface area (Å²) in [5, 5.41) is 2.58. The van der Waals surface area contributed by atoms with E-state index < -0.39 is 5.97 Å². The molecule has 0 aliphatic rings. The van der Waals surface area contributed by atoms with Gasteiger partial charge in [-0.3, -0.25) is 14.7 Å². The van der Waals surface area contributed by atoms with Crippen LogP contribution in [-0.4, -0.2) is 18.8 Å². The number of hydrogen-bond donors (Lipinski definition) is 1. The van der Waals surface area contributed by atoms with Crippen LogP contribution in [0.3, 0.4) is 0 Å². The zero-order chi connectivity index (χ0) is 10.4. The molecule has 1 atom stereocenters. The maximum Gasteiger partial charge on any atom is 0.325 e. The molecule has 1 aromatic carbocycles. The molecule has 1 N–H and O–H groups in total. The van der Waals surface area contributed by atoms with Gasteiger partial charge in [0, 0.05) is 0 Å². The number of rotatable bonds is 4. The molecule has 0 fully saturated rings. The summed E-state index contributed by atoms with van der Waals surface area (Å²) in [6.45, 7) is 0.0812. The molecule has 74 valence electrons. The molecular formula is C9H10NO3P. The summed E-state index contributed by atoms with van der Waals surface area (Å²) in [6.07, 6.45) is 0.650. The molecule has 0 aliphatic heterocycles. The van der Waals surface area contributed by atoms with Crippen LogP contribution in [0.15, 0.2) is 24.3 Å². The third-order valence-electron chi connectivity index (χ3n) is 1.52. The van der Waals surface area contributed by atoms with Gasteiger partial charge in [0.15, 0.2) is 6.29 Å². The van der Waals surface area contributed by atoms with Crippen LogP contribution < -0.4 is 9.82 Å². The fraction of sp³-hybridized carbons (Fsp3) is 0.111. The van der Waals surface area contributed by atoms with E-state index in [2.05, 4.69) is 14.5 Å². The molecule has 0 radical (unpaired) electrons. The number of esters is 1. The minimum absolute atomic E-state index is 0.0812. The molecule has 4 nitrogen and oxygen atoms in total. The van der Waals surface area contributed by atoms with Gasteiger partial charge in [0.25, 0.3) is 0 Å². The summed E-state index contributed by atoms with van der Waals surface area (Å²) >= 11 is 0. The van der Waals surface area contributed by atoms with Gasteiger partial charge < -0.3 is 4.74 Å². The van der Waals surface area contributed by atoms with Crippen molar-refractivity contribution in [1.29, 1.82) is 0 Å². The molecule has 0 spiro atoms. The highest BCUT2D eigenvalue weighted by Gasteiger charge is 2.06. The van der Waals surface area contributed by atoms with Crippen molar-refractivity contribution in [2.24, 2.45) is 0 Å². The first-order valence-corrected chi connectivity index (χ1v) is 4.54. The molecule has 0 heterocycles. The van der Waals surface area contributed by atoms with Crippen molar-refractivity contribution < 1.29 is 14.3 Å². The minimum Gasteiger partial charge on any atom is -0.425 e. The summed E-state index contributed by atoms with van der Waals surface area (Å²) in [7, 11) is 2.19. The number of para-hydroxylation sites is 1. The Kier molecular flexibility index (Phi) is 4.23. The Morgan fingerprint density at radius 2 is 2.21 bits per heavy atom. The Bertz CT molecular complexity index is 341. The molecule has 1 aromatic rings. The Balaban J connectivity index is 2.75. The van der Waals surface area contributed by atoms with Crippen molar-refractivity contribution in [1.82, 2.24) is 5.09 Å². The summed E-state index contributed by atoms with van der Waals surface area (Å²) in [6, 6.07) is 6.56. The van der Waals surface area contributed by atoms with E-state index in [4.69, 9.17) is 4.74 Å². The van der Waals surface area contributed by atoms with E-state index in [0.717, 1.165) is 0 Å². The molecule has 0 aliphatic carbocycles. The first-order chi connectivity index (χ1) is 6.77. The van der Waals surface area contributed by atoms with Gasteiger partial charge in [-0.25, -0.2) is 0 Å². The highest BCUT2D eigenvalue weighted by molar-refractivity contribution is 7.13. The van der Waals surface area contributed by atoms with Crippen molar-refractivity contribution in [2.75, 3.05) is 6.54 Å². The summed E-state index contributed by atoms with van der Waals surface area (Å²) in [5.41, 5.74) is 0.365. The normalized spacial score (nSPS) is 9.50. The minimum atomic E-state index is -0.436. The average molecular weight is 211 g/mol. The Hall–Kier alpha value is -1.25. The van der Waals surface area contributed by atoms with E-state index in [0.29, 0.717) is 11.8 Å². The molecule has 14 heavy (non-hydrogen) atoms. The lowest BCUT2D eigenvalue weighted by Crippen LogP contribution is -2.20. The second-order valence-electron chi connectivity index (χ2n) is 2.51. The molecule has 0 saturated carbocycles. The molecule has 1 unspecified atom stereocenters. The van der Waals surface area contributed by atoms with E-state index in [1.807, 2.05) is 0 Å². The second kappa shape index (κ2) is 5.47. The fourth-order valence-corrected chi connectivity index (χ4v) is 1.08. The van der Waals surface area contributed by atoms with Gasteiger partial charge >= 0.3 is 5.97 Å². The van der Waals surface area contributed by atoms with Crippen LogP contribution in [0.2, 0.25) is 0 Å². The van der Waals surface area contributed by atoms with Crippen LogP contribution >= 0.6 is 9.39 Å². The quantitative estimate of drug-likeness (QED) is 0.346. The monoisotopic (exact) mass is 211 g/mol. The number of benzene rings is 1. The van der Waals surface area contributed by atoms with Crippen molar-refractivity contribution >= 4 is 21.6 Å². The van der Waals surface area contributed by atoms with E-state index in [1.165, 1.54) is 0 Å². The number of aldehydes is 1. The van der Waals surface area contributed by atoms with Crippen LogP contribution in [0.4, 0.5) is 0 Å². The highest BCUT2D eigenvalue weighted by atomic mass is 31.0. The van der Waals surface area contributed by atoms with Gasteiger partial charge in [-0.15, -0.1) is 0 Å². The number of carbonyl (C=O) groups excluding carboxylic acids is 2. The number of nitrogens with one attached hydrogen (secondary N) is 1. The van der Waals surface area contributed by atoms with Crippen LogP contribution in [0.1, 0.15) is 10.4 Å². The maximum absolute atomic E-state index is 11.1. The average Bonchev–Trinajstić information content (AvgIpc) is 2.19. The third kappa shape index (κ3) is 2.91. The molecular weight excluding hydrogens is 201 g/mol. The van der Waals surface area contributed by atoms with Gasteiger partial charge in [0.2, 0.25) is 0 Å². The fourth-order valence-electron chi connectivity index (χ4n) is 0.913. The summed E-state index contributed by atoms with van der Waals surface area (Å²) in [5.74, 6) is -0.151. The summed E-state index contributed by atoms with van der Waals surface area (Å²) < 4.78 is 4.93. The SMILES string of the molecule is O=Cc1ccccc1OC(=O)CNP. The van der Waals surface area contributed by atoms with Gasteiger partial charge in [0.05, 0.1) is 12.1 Å². The van der Waals surface area contributed by atoms with Crippen molar-refractivity contribution in [3.63, 3.8) is 0 Å². The van der Waals surface area contributed by atoms with Gasteiger partial charge in [-0.05, 0) is 12.1 Å². The first-order valence-electron chi connectivity index (χ1n) is 3.96. The molecule has 0 saturated heterocycles.